The molecule has 0 spiro atoms. The molecule has 3 aromatic rings. The summed E-state index contributed by atoms with van der Waals surface area (Å²) < 4.78 is 2.22. The number of hydrogen-bond acceptors (Lipinski definition) is 0. The molecule has 0 fully saturated rings. The van der Waals surface area contributed by atoms with E-state index in [-0.39, 0.29) is 5.41 Å². The maximum Gasteiger partial charge on any atom is 0.218 e. The lowest BCUT2D eigenvalue weighted by Gasteiger charge is -2.23. The van der Waals surface area contributed by atoms with Crippen molar-refractivity contribution < 1.29 is 4.57 Å². The summed E-state index contributed by atoms with van der Waals surface area (Å²) in [6, 6.07) is 21.8. The minimum atomic E-state index is -0.0153. The van der Waals surface area contributed by atoms with Gasteiger partial charge in [0.25, 0.3) is 0 Å². The highest BCUT2D eigenvalue weighted by atomic mass is 14.9. The Hall–Kier alpha value is -2.67. The second-order valence-electron chi connectivity index (χ2n) is 7.11. The molecule has 1 nitrogen and oxygen atoms in total. The van der Waals surface area contributed by atoms with Gasteiger partial charge in [0.15, 0.2) is 12.4 Å². The molecule has 0 amide bonds. The fraction of sp³-hybridized carbons (Fsp3) is 0.174. The van der Waals surface area contributed by atoms with E-state index in [4.69, 9.17) is 0 Å². The van der Waals surface area contributed by atoms with Crippen LogP contribution in [0.15, 0.2) is 72.9 Å². The number of aryl methyl sites for hydroxylation is 1. The Morgan fingerprint density at radius 2 is 1.58 bits per heavy atom. The summed E-state index contributed by atoms with van der Waals surface area (Å²) in [6.45, 7) is 6.79. The quantitative estimate of drug-likeness (QED) is 0.531. The van der Waals surface area contributed by atoms with Gasteiger partial charge in [-0.05, 0) is 53.5 Å². The van der Waals surface area contributed by atoms with Crippen molar-refractivity contribution in [3.63, 3.8) is 0 Å². The molecule has 0 saturated carbocycles. The first-order valence-corrected chi connectivity index (χ1v) is 8.47. The maximum atomic E-state index is 2.38. The summed E-state index contributed by atoms with van der Waals surface area (Å²) in [5.41, 5.74) is 7.84. The van der Waals surface area contributed by atoms with Gasteiger partial charge < -0.3 is 0 Å². The Morgan fingerprint density at radius 1 is 0.833 bits per heavy atom. The number of pyridine rings is 1. The van der Waals surface area contributed by atoms with Crippen molar-refractivity contribution in [3.8, 4) is 22.4 Å². The van der Waals surface area contributed by atoms with Crippen LogP contribution in [0.1, 0.15) is 25.0 Å². The smallest absolute Gasteiger partial charge is 0.167 e. The highest BCUT2D eigenvalue weighted by molar-refractivity contribution is 5.76. The number of allylic oxidation sites excluding steroid dienone is 1. The van der Waals surface area contributed by atoms with Crippen molar-refractivity contribution >= 4 is 6.20 Å². The molecular weight excluding hydrogens is 290 g/mol. The van der Waals surface area contributed by atoms with Crippen molar-refractivity contribution in [2.45, 2.75) is 26.2 Å². The molecular formula is C23H22N+. The first kappa shape index (κ1) is 14.9. The van der Waals surface area contributed by atoms with E-state index in [1.807, 2.05) is 0 Å². The van der Waals surface area contributed by atoms with E-state index in [0.29, 0.717) is 0 Å². The molecule has 2 heterocycles. The zero-order chi connectivity index (χ0) is 16.7. The first-order valence-electron chi connectivity index (χ1n) is 8.47. The van der Waals surface area contributed by atoms with Crippen LogP contribution < -0.4 is 4.57 Å². The molecule has 0 radical (unpaired) electrons. The average Bonchev–Trinajstić information content (AvgIpc) is 2.70. The van der Waals surface area contributed by atoms with E-state index in [1.54, 1.807) is 0 Å². The van der Waals surface area contributed by atoms with E-state index < -0.39 is 0 Å². The van der Waals surface area contributed by atoms with Gasteiger partial charge in [-0.1, -0.05) is 44.2 Å². The molecule has 0 N–H and O–H groups in total. The average molecular weight is 312 g/mol. The van der Waals surface area contributed by atoms with Crippen LogP contribution in [0.25, 0.3) is 28.6 Å². The largest absolute Gasteiger partial charge is 0.218 e. The summed E-state index contributed by atoms with van der Waals surface area (Å²) >= 11 is 0. The van der Waals surface area contributed by atoms with E-state index >= 15 is 0 Å². The third-order valence-corrected chi connectivity index (χ3v) is 4.96. The minimum absolute atomic E-state index is 0.0153. The van der Waals surface area contributed by atoms with Crippen molar-refractivity contribution in [1.82, 2.24) is 0 Å². The van der Waals surface area contributed by atoms with Crippen LogP contribution in [-0.2, 0) is 5.41 Å². The molecule has 0 atom stereocenters. The molecule has 2 aromatic carbocycles. The number of aromatic nitrogens is 1. The summed E-state index contributed by atoms with van der Waals surface area (Å²) in [5.74, 6) is 0. The third kappa shape index (κ3) is 2.37. The normalized spacial score (nSPS) is 14.6. The number of rotatable bonds is 1. The van der Waals surface area contributed by atoms with Crippen molar-refractivity contribution in [1.29, 1.82) is 0 Å². The summed E-state index contributed by atoms with van der Waals surface area (Å²) in [6.07, 6.45) is 6.61. The number of nitrogens with zero attached hydrogens (tertiary/aromatic N) is 1. The molecule has 4 rings (SSSR count). The molecule has 1 aromatic heterocycles. The van der Waals surface area contributed by atoms with E-state index in [0.717, 1.165) is 0 Å². The van der Waals surface area contributed by atoms with Gasteiger partial charge in [-0.15, -0.1) is 0 Å². The second kappa shape index (κ2) is 5.45. The summed E-state index contributed by atoms with van der Waals surface area (Å²) in [5, 5.41) is 0. The number of hydrogen-bond donors (Lipinski definition) is 0. The summed E-state index contributed by atoms with van der Waals surface area (Å²) in [4.78, 5) is 0. The van der Waals surface area contributed by atoms with Crippen LogP contribution in [0.2, 0.25) is 0 Å². The van der Waals surface area contributed by atoms with Crippen LogP contribution in [0.3, 0.4) is 0 Å². The van der Waals surface area contributed by atoms with Crippen LogP contribution in [0.4, 0.5) is 0 Å². The summed E-state index contributed by atoms with van der Waals surface area (Å²) in [7, 11) is 0. The highest BCUT2D eigenvalue weighted by Crippen LogP contribution is 2.39. The van der Waals surface area contributed by atoms with Gasteiger partial charge in [0.1, 0.15) is 0 Å². The Labute approximate surface area is 143 Å². The van der Waals surface area contributed by atoms with E-state index in [9.17, 15) is 0 Å². The Bertz CT molecular complexity index is 934. The van der Waals surface area contributed by atoms with Crippen molar-refractivity contribution in [3.05, 3.63) is 84.1 Å². The molecule has 1 aliphatic rings. The zero-order valence-corrected chi connectivity index (χ0v) is 14.5. The maximum absolute atomic E-state index is 2.38. The van der Waals surface area contributed by atoms with Gasteiger partial charge in [-0.2, -0.15) is 4.57 Å². The van der Waals surface area contributed by atoms with E-state index in [2.05, 4.69) is 104 Å². The van der Waals surface area contributed by atoms with Gasteiger partial charge in [0, 0.05) is 17.5 Å². The molecule has 118 valence electrons. The monoisotopic (exact) mass is 312 g/mol. The molecule has 1 aliphatic heterocycles. The minimum Gasteiger partial charge on any atom is -0.167 e. The van der Waals surface area contributed by atoms with Gasteiger partial charge in [-0.3, -0.25) is 0 Å². The van der Waals surface area contributed by atoms with Crippen LogP contribution in [-0.4, -0.2) is 0 Å². The van der Waals surface area contributed by atoms with Crippen LogP contribution in [0, 0.1) is 6.92 Å². The topological polar surface area (TPSA) is 3.88 Å². The predicted molar refractivity (Wildman–Crippen MR) is 101 cm³/mol. The number of fused-ring (bicyclic) bond motifs is 3. The lowest BCUT2D eigenvalue weighted by Crippen LogP contribution is -2.27. The molecule has 0 unspecified atom stereocenters. The number of benzene rings is 2. The highest BCUT2D eigenvalue weighted by Gasteiger charge is 2.29. The van der Waals surface area contributed by atoms with Gasteiger partial charge in [0.05, 0.1) is 5.56 Å². The standard InChI is InChI=1S/C23H22N/c1-17-15-20-21(16-19(17)18-9-5-4-6-10-18)23(2,3)12-14-24-13-8-7-11-22(20)24/h4-16H,1-3H3/q+1. The zero-order valence-electron chi connectivity index (χ0n) is 14.5. The van der Waals surface area contributed by atoms with Gasteiger partial charge in [0.2, 0.25) is 5.69 Å². The lowest BCUT2D eigenvalue weighted by atomic mass is 9.79. The third-order valence-electron chi connectivity index (χ3n) is 4.96. The SMILES string of the molecule is Cc1cc2c(cc1-c1ccccc1)C(C)(C)C=C[n+]1ccccc1-2. The second-order valence-corrected chi connectivity index (χ2v) is 7.11. The van der Waals surface area contributed by atoms with E-state index in [1.165, 1.54) is 33.5 Å². The lowest BCUT2D eigenvalue weighted by molar-refractivity contribution is -0.556. The molecule has 0 bridgehead atoms. The molecule has 24 heavy (non-hydrogen) atoms. The Kier molecular flexibility index (Phi) is 3.38. The van der Waals surface area contributed by atoms with Crippen LogP contribution in [0.5, 0.6) is 0 Å². The fourth-order valence-electron chi connectivity index (χ4n) is 3.55. The fourth-order valence-corrected chi connectivity index (χ4v) is 3.55. The molecule has 0 saturated heterocycles. The van der Waals surface area contributed by atoms with Crippen molar-refractivity contribution in [2.24, 2.45) is 0 Å². The molecule has 0 aliphatic carbocycles. The Balaban J connectivity index is 2.03. The first-order chi connectivity index (χ1) is 11.6. The van der Waals surface area contributed by atoms with Gasteiger partial charge in [-0.25, -0.2) is 0 Å². The molecule has 1 heteroatoms. The van der Waals surface area contributed by atoms with Gasteiger partial charge >= 0.3 is 0 Å². The Morgan fingerprint density at radius 3 is 2.38 bits per heavy atom. The predicted octanol–water partition coefficient (Wildman–Crippen LogP) is 5.38. The van der Waals surface area contributed by atoms with Crippen LogP contribution >= 0.6 is 0 Å². The van der Waals surface area contributed by atoms with Crippen molar-refractivity contribution in [2.75, 3.05) is 0 Å².